The van der Waals surface area contributed by atoms with E-state index in [2.05, 4.69) is 38.0 Å². The van der Waals surface area contributed by atoms with Gasteiger partial charge in [-0.1, -0.05) is 18.2 Å². The van der Waals surface area contributed by atoms with Gasteiger partial charge in [0.1, 0.15) is 12.4 Å². The summed E-state index contributed by atoms with van der Waals surface area (Å²) in [6.45, 7) is 16.2. The molecule has 0 saturated carbocycles. The summed E-state index contributed by atoms with van der Waals surface area (Å²) in [4.78, 5) is 2.58. The molecule has 1 saturated heterocycles. The zero-order chi connectivity index (χ0) is 19.8. The van der Waals surface area contributed by atoms with Gasteiger partial charge in [-0.05, 0) is 83.3 Å². The van der Waals surface area contributed by atoms with Gasteiger partial charge in [0.05, 0.1) is 6.10 Å². The van der Waals surface area contributed by atoms with Crippen molar-refractivity contribution in [3.63, 3.8) is 0 Å². The van der Waals surface area contributed by atoms with Gasteiger partial charge in [-0.25, -0.2) is 0 Å². The highest BCUT2D eigenvalue weighted by Crippen LogP contribution is 2.22. The van der Waals surface area contributed by atoms with Crippen molar-refractivity contribution >= 4 is 16.6 Å². The maximum Gasteiger partial charge on any atom is 0.187 e. The van der Waals surface area contributed by atoms with Gasteiger partial charge in [-0.2, -0.15) is 0 Å². The number of benzene rings is 1. The lowest BCUT2D eigenvalue weighted by Crippen LogP contribution is -2.47. The third kappa shape index (κ3) is 8.92. The van der Waals surface area contributed by atoms with Crippen LogP contribution < -0.4 is 4.74 Å². The van der Waals surface area contributed by atoms with Crippen molar-refractivity contribution in [1.29, 1.82) is 0 Å². The van der Waals surface area contributed by atoms with Crippen LogP contribution in [-0.2, 0) is 8.85 Å². The molecule has 0 amide bonds. The molecule has 2 rings (SSSR count). The lowest BCUT2D eigenvalue weighted by atomic mass is 10.3. The van der Waals surface area contributed by atoms with Crippen LogP contribution in [0.1, 0.15) is 19.8 Å². The van der Waals surface area contributed by atoms with Gasteiger partial charge in [0.25, 0.3) is 0 Å². The molecule has 0 radical (unpaired) electrons. The van der Waals surface area contributed by atoms with E-state index in [1.165, 1.54) is 31.5 Å². The molecule has 4 nitrogen and oxygen atoms in total. The number of ether oxygens (including phenoxy) is 1. The fourth-order valence-electron chi connectivity index (χ4n) is 3.84. The number of para-hydroxylation sites is 1. The minimum Gasteiger partial charge on any atom is -0.491 e. The summed E-state index contributed by atoms with van der Waals surface area (Å²) < 4.78 is 18.6. The predicted octanol–water partition coefficient (Wildman–Crippen LogP) is 4.99. The minimum absolute atomic E-state index is 0.157. The molecule has 154 valence electrons. The normalized spacial score (nSPS) is 21.4. The van der Waals surface area contributed by atoms with E-state index in [0.717, 1.165) is 25.4 Å². The summed E-state index contributed by atoms with van der Waals surface area (Å²) in [5.74, 6) is 0.929. The Hall–Kier alpha value is -0.666. The van der Waals surface area contributed by atoms with E-state index in [0.29, 0.717) is 6.61 Å². The molecule has 27 heavy (non-hydrogen) atoms. The van der Waals surface area contributed by atoms with E-state index >= 15 is 0 Å². The van der Waals surface area contributed by atoms with Crippen molar-refractivity contribution in [2.75, 3.05) is 32.8 Å². The second-order valence-corrected chi connectivity index (χ2v) is 17.4. The molecule has 1 atom stereocenters. The first-order valence-corrected chi connectivity index (χ1v) is 16.7. The van der Waals surface area contributed by atoms with E-state index in [1.807, 2.05) is 30.3 Å². The number of hydrogen-bond donors (Lipinski definition) is 0. The standard InChI is InChI=1S/C21H39NO3Si2/c1-6-24-26(2,3)16-10-14-22-15-11-17-27(4,5)25-21(18-22)19-23-20-12-8-7-9-13-20/h7-9,12-13,21H,6,10-11,14-19H2,1-5H3. The van der Waals surface area contributed by atoms with Gasteiger partial charge < -0.3 is 18.5 Å². The van der Waals surface area contributed by atoms with Crippen LogP contribution in [0.25, 0.3) is 0 Å². The zero-order valence-electron chi connectivity index (χ0n) is 18.0. The molecule has 0 bridgehead atoms. The maximum atomic E-state index is 6.57. The quantitative estimate of drug-likeness (QED) is 0.537. The molecule has 1 aromatic carbocycles. The third-order valence-corrected chi connectivity index (χ3v) is 10.3. The molecule has 1 unspecified atom stereocenters. The summed E-state index contributed by atoms with van der Waals surface area (Å²) in [5.41, 5.74) is 0. The summed E-state index contributed by atoms with van der Waals surface area (Å²) in [7, 11) is -3.08. The highest BCUT2D eigenvalue weighted by Gasteiger charge is 2.31. The first-order chi connectivity index (χ1) is 12.8. The van der Waals surface area contributed by atoms with Crippen LogP contribution in [-0.4, -0.2) is 60.5 Å². The summed E-state index contributed by atoms with van der Waals surface area (Å²) in [6.07, 6.45) is 2.62. The Bertz CT molecular complexity index is 539. The molecule has 0 N–H and O–H groups in total. The van der Waals surface area contributed by atoms with E-state index in [4.69, 9.17) is 13.6 Å². The fourth-order valence-corrected chi connectivity index (χ4v) is 7.95. The Morgan fingerprint density at radius 3 is 2.67 bits per heavy atom. The minimum atomic E-state index is -1.60. The Kier molecular flexibility index (Phi) is 9.02. The van der Waals surface area contributed by atoms with Crippen LogP contribution in [0.3, 0.4) is 0 Å². The topological polar surface area (TPSA) is 30.9 Å². The Balaban J connectivity index is 1.88. The van der Waals surface area contributed by atoms with Crippen LogP contribution in [0, 0.1) is 0 Å². The highest BCUT2D eigenvalue weighted by atomic mass is 28.4. The van der Waals surface area contributed by atoms with E-state index in [1.54, 1.807) is 0 Å². The Morgan fingerprint density at radius 2 is 1.96 bits per heavy atom. The largest absolute Gasteiger partial charge is 0.491 e. The van der Waals surface area contributed by atoms with Gasteiger partial charge in [-0.15, -0.1) is 0 Å². The first-order valence-electron chi connectivity index (χ1n) is 10.5. The molecule has 0 aliphatic carbocycles. The SMILES string of the molecule is CCO[Si](C)(C)CCCN1CCC[Si](C)(C)OC(COc2ccccc2)C1. The molecular formula is C21H39NO3Si2. The lowest BCUT2D eigenvalue weighted by molar-refractivity contribution is 0.0724. The van der Waals surface area contributed by atoms with Crippen LogP contribution in [0.15, 0.2) is 30.3 Å². The lowest BCUT2D eigenvalue weighted by Gasteiger charge is -2.37. The second-order valence-electron chi connectivity index (χ2n) is 8.82. The summed E-state index contributed by atoms with van der Waals surface area (Å²) >= 11 is 0. The molecule has 1 aromatic rings. The summed E-state index contributed by atoms with van der Waals surface area (Å²) in [5, 5.41) is 0. The number of nitrogens with zero attached hydrogens (tertiary/aromatic N) is 1. The molecule has 1 fully saturated rings. The van der Waals surface area contributed by atoms with E-state index in [9.17, 15) is 0 Å². The first kappa shape index (κ1) is 22.6. The van der Waals surface area contributed by atoms with Crippen LogP contribution >= 0.6 is 0 Å². The molecule has 1 aliphatic heterocycles. The molecule has 0 spiro atoms. The molecule has 1 aliphatic rings. The predicted molar refractivity (Wildman–Crippen MR) is 119 cm³/mol. The highest BCUT2D eigenvalue weighted by molar-refractivity contribution is 6.71. The average molecular weight is 410 g/mol. The number of hydrogen-bond acceptors (Lipinski definition) is 4. The smallest absolute Gasteiger partial charge is 0.187 e. The van der Waals surface area contributed by atoms with Gasteiger partial charge in [0.2, 0.25) is 0 Å². The van der Waals surface area contributed by atoms with E-state index in [-0.39, 0.29) is 6.10 Å². The van der Waals surface area contributed by atoms with Crippen molar-refractivity contribution in [2.24, 2.45) is 0 Å². The van der Waals surface area contributed by atoms with E-state index < -0.39 is 16.6 Å². The van der Waals surface area contributed by atoms with Crippen molar-refractivity contribution in [3.05, 3.63) is 30.3 Å². The average Bonchev–Trinajstić information content (AvgIpc) is 2.58. The van der Waals surface area contributed by atoms with Gasteiger partial charge in [-0.3, -0.25) is 0 Å². The molecule has 6 heteroatoms. The summed E-state index contributed by atoms with van der Waals surface area (Å²) in [6, 6.07) is 12.5. The van der Waals surface area contributed by atoms with Gasteiger partial charge in [0.15, 0.2) is 16.6 Å². The van der Waals surface area contributed by atoms with Crippen molar-refractivity contribution in [1.82, 2.24) is 4.90 Å². The molecule has 1 heterocycles. The van der Waals surface area contributed by atoms with Crippen molar-refractivity contribution in [2.45, 2.75) is 64.1 Å². The monoisotopic (exact) mass is 409 g/mol. The van der Waals surface area contributed by atoms with Crippen LogP contribution in [0.4, 0.5) is 0 Å². The van der Waals surface area contributed by atoms with Gasteiger partial charge in [0, 0.05) is 13.2 Å². The third-order valence-electron chi connectivity index (χ3n) is 5.17. The Labute approximate surface area is 168 Å². The van der Waals surface area contributed by atoms with Crippen molar-refractivity contribution in [3.8, 4) is 5.75 Å². The van der Waals surface area contributed by atoms with Crippen LogP contribution in [0.5, 0.6) is 5.75 Å². The molecule has 0 aromatic heterocycles. The Morgan fingerprint density at radius 1 is 1.22 bits per heavy atom. The van der Waals surface area contributed by atoms with Crippen LogP contribution in [0.2, 0.25) is 38.3 Å². The van der Waals surface area contributed by atoms with Crippen molar-refractivity contribution < 1.29 is 13.6 Å². The zero-order valence-corrected chi connectivity index (χ0v) is 20.0. The second kappa shape index (κ2) is 10.8. The molecular weight excluding hydrogens is 370 g/mol. The van der Waals surface area contributed by atoms with Gasteiger partial charge >= 0.3 is 0 Å². The maximum absolute atomic E-state index is 6.57. The number of rotatable bonds is 9. The fraction of sp³-hybridized carbons (Fsp3) is 0.714.